The van der Waals surface area contributed by atoms with Crippen LogP contribution < -0.4 is 10.5 Å². The Morgan fingerprint density at radius 2 is 1.78 bits per heavy atom. The fourth-order valence-corrected chi connectivity index (χ4v) is 6.16. The van der Waals surface area contributed by atoms with E-state index in [9.17, 15) is 22.8 Å². The third kappa shape index (κ3) is 7.51. The number of ether oxygens (including phenoxy) is 1. The van der Waals surface area contributed by atoms with Gasteiger partial charge in [0, 0.05) is 58.0 Å². The van der Waals surface area contributed by atoms with Crippen LogP contribution >= 0.6 is 11.8 Å². The predicted molar refractivity (Wildman–Crippen MR) is 154 cm³/mol. The first kappa shape index (κ1) is 30.6. The molecule has 0 N–H and O–H groups in total. The van der Waals surface area contributed by atoms with Gasteiger partial charge >= 0.3 is 6.18 Å². The number of piperazine rings is 1. The van der Waals surface area contributed by atoms with E-state index in [0.29, 0.717) is 61.1 Å². The number of alkyl halides is 3. The molecule has 220 valence electrons. The summed E-state index contributed by atoms with van der Waals surface area (Å²) >= 11 is 1.28. The Labute approximate surface area is 242 Å². The van der Waals surface area contributed by atoms with Crippen molar-refractivity contribution in [2.45, 2.75) is 49.4 Å². The highest BCUT2D eigenvalue weighted by molar-refractivity contribution is 8.00. The van der Waals surface area contributed by atoms with Crippen LogP contribution in [0.4, 0.5) is 18.9 Å². The maximum absolute atomic E-state index is 13.6. The summed E-state index contributed by atoms with van der Waals surface area (Å²) in [5.41, 5.74) is 1.75. The number of carbonyl (C=O) groups is 1. The van der Waals surface area contributed by atoms with Crippen molar-refractivity contribution in [3.63, 3.8) is 0 Å². The maximum atomic E-state index is 13.6. The van der Waals surface area contributed by atoms with Crippen LogP contribution in [0.2, 0.25) is 0 Å². The highest BCUT2D eigenvalue weighted by Crippen LogP contribution is 2.32. The van der Waals surface area contributed by atoms with Crippen molar-refractivity contribution < 1.29 is 22.7 Å². The molecule has 1 aliphatic heterocycles. The normalized spacial score (nSPS) is 14.8. The molecular weight excluding hydrogens is 553 g/mol. The second-order valence-electron chi connectivity index (χ2n) is 10.0. The lowest BCUT2D eigenvalue weighted by Gasteiger charge is -2.37. The smallest absolute Gasteiger partial charge is 0.378 e. The Bertz CT molecular complexity index is 1390. The van der Waals surface area contributed by atoms with Gasteiger partial charge in [-0.1, -0.05) is 61.5 Å². The molecule has 41 heavy (non-hydrogen) atoms. The Balaban J connectivity index is 1.49. The molecule has 1 aliphatic rings. The molecule has 1 fully saturated rings. The Morgan fingerprint density at radius 1 is 1.07 bits per heavy atom. The number of anilines is 1. The van der Waals surface area contributed by atoms with Gasteiger partial charge in [-0.05, 0) is 30.2 Å². The first-order valence-corrected chi connectivity index (χ1v) is 14.5. The molecule has 3 aromatic rings. The molecule has 0 radical (unpaired) electrons. The molecule has 0 bridgehead atoms. The molecule has 1 amide bonds. The highest BCUT2D eigenvalue weighted by atomic mass is 32.2. The number of amides is 1. The molecule has 11 heteroatoms. The number of hydrogen-bond donors (Lipinski definition) is 0. The number of methoxy groups -OCH3 is 1. The zero-order chi connectivity index (χ0) is 29.6. The largest absolute Gasteiger partial charge is 0.416 e. The van der Waals surface area contributed by atoms with Crippen molar-refractivity contribution in [1.29, 1.82) is 0 Å². The second-order valence-corrected chi connectivity index (χ2v) is 11.2. The first-order valence-electron chi connectivity index (χ1n) is 13.6. The molecule has 2 heterocycles. The van der Waals surface area contributed by atoms with Crippen molar-refractivity contribution >= 4 is 23.4 Å². The minimum atomic E-state index is -4.41. The van der Waals surface area contributed by atoms with Gasteiger partial charge in [0.05, 0.1) is 23.1 Å². The fourth-order valence-electron chi connectivity index (χ4n) is 4.90. The monoisotopic (exact) mass is 588 g/mol. The number of thioether (sulfide) groups is 1. The van der Waals surface area contributed by atoms with E-state index in [1.807, 2.05) is 42.2 Å². The molecule has 0 saturated carbocycles. The van der Waals surface area contributed by atoms with Crippen LogP contribution in [0.15, 0.2) is 64.5 Å². The molecule has 1 unspecified atom stereocenters. The van der Waals surface area contributed by atoms with Crippen molar-refractivity contribution in [1.82, 2.24) is 14.5 Å². The summed E-state index contributed by atoms with van der Waals surface area (Å²) in [4.78, 5) is 35.5. The average Bonchev–Trinajstić information content (AvgIpc) is 2.97. The van der Waals surface area contributed by atoms with E-state index in [0.717, 1.165) is 24.1 Å². The first-order chi connectivity index (χ1) is 19.6. The molecule has 0 aliphatic carbocycles. The highest BCUT2D eigenvalue weighted by Gasteiger charge is 2.32. The standard InChI is InChI=1S/C30H35F3N4O3S/c1-4-9-26(28(39)37-16-14-36(15-17-37)23-13-8-12-22(19-23)30(31,32)33)41-29-34-25(20-40-3)24(27(38)35(29)2)18-21-10-6-5-7-11-21/h5-8,10-13,19,26H,4,9,14-18,20H2,1-3H3. The minimum absolute atomic E-state index is 0.0588. The van der Waals surface area contributed by atoms with Crippen molar-refractivity contribution in [2.24, 2.45) is 7.05 Å². The lowest BCUT2D eigenvalue weighted by atomic mass is 10.0. The molecule has 2 aromatic carbocycles. The van der Waals surface area contributed by atoms with Crippen molar-refractivity contribution in [2.75, 3.05) is 38.2 Å². The van der Waals surface area contributed by atoms with Crippen LogP contribution in [0, 0.1) is 0 Å². The fraction of sp³-hybridized carbons (Fsp3) is 0.433. The maximum Gasteiger partial charge on any atom is 0.416 e. The van der Waals surface area contributed by atoms with E-state index in [1.54, 1.807) is 25.1 Å². The van der Waals surface area contributed by atoms with Gasteiger partial charge in [-0.2, -0.15) is 13.2 Å². The molecular formula is C30H35F3N4O3S. The number of hydrogen-bond acceptors (Lipinski definition) is 6. The van der Waals surface area contributed by atoms with Crippen LogP contribution in [0.1, 0.15) is 42.1 Å². The molecule has 7 nitrogen and oxygen atoms in total. The number of carbonyl (C=O) groups excluding carboxylic acids is 1. The summed E-state index contributed by atoms with van der Waals surface area (Å²) in [6.45, 7) is 3.83. The van der Waals surface area contributed by atoms with Gasteiger partial charge in [-0.15, -0.1) is 0 Å². The van der Waals surface area contributed by atoms with Crippen molar-refractivity contribution in [3.05, 3.63) is 87.3 Å². The van der Waals surface area contributed by atoms with E-state index >= 15 is 0 Å². The topological polar surface area (TPSA) is 67.7 Å². The van der Waals surface area contributed by atoms with Gasteiger partial charge < -0.3 is 14.5 Å². The van der Waals surface area contributed by atoms with E-state index in [-0.39, 0.29) is 18.1 Å². The summed E-state index contributed by atoms with van der Waals surface area (Å²) in [5.74, 6) is -0.0588. The van der Waals surface area contributed by atoms with Crippen LogP contribution in [-0.2, 0) is 35.8 Å². The third-order valence-electron chi connectivity index (χ3n) is 7.14. The predicted octanol–water partition coefficient (Wildman–Crippen LogP) is 5.15. The summed E-state index contributed by atoms with van der Waals surface area (Å²) < 4.78 is 46.4. The van der Waals surface area contributed by atoms with Crippen LogP contribution in [-0.4, -0.2) is 58.9 Å². The van der Waals surface area contributed by atoms with E-state index in [1.165, 1.54) is 22.4 Å². The minimum Gasteiger partial charge on any atom is -0.378 e. The Hall–Kier alpha value is -3.31. The number of benzene rings is 2. The number of nitrogens with zero attached hydrogens (tertiary/aromatic N) is 4. The summed E-state index contributed by atoms with van der Waals surface area (Å²) in [6.07, 6.45) is -2.62. The molecule has 1 saturated heterocycles. The lowest BCUT2D eigenvalue weighted by Crippen LogP contribution is -2.51. The van der Waals surface area contributed by atoms with Crippen LogP contribution in [0.25, 0.3) is 0 Å². The van der Waals surface area contributed by atoms with Crippen LogP contribution in [0.3, 0.4) is 0 Å². The number of rotatable bonds is 10. The molecule has 1 aromatic heterocycles. The quantitative estimate of drug-likeness (QED) is 0.241. The summed E-state index contributed by atoms with van der Waals surface area (Å²) in [5, 5.41) is 0.00170. The Kier molecular flexibility index (Phi) is 10.1. The van der Waals surface area contributed by atoms with E-state index < -0.39 is 17.0 Å². The third-order valence-corrected chi connectivity index (χ3v) is 8.44. The zero-order valence-electron chi connectivity index (χ0n) is 23.5. The number of aromatic nitrogens is 2. The molecule has 4 rings (SSSR count). The SMILES string of the molecule is CCCC(Sc1nc(COC)c(Cc2ccccc2)c(=O)n1C)C(=O)N1CCN(c2cccc(C(F)(F)F)c2)CC1. The van der Waals surface area contributed by atoms with Gasteiger partial charge in [-0.3, -0.25) is 14.2 Å². The lowest BCUT2D eigenvalue weighted by molar-refractivity contribution is -0.137. The van der Waals surface area contributed by atoms with Crippen LogP contribution in [0.5, 0.6) is 0 Å². The van der Waals surface area contributed by atoms with Gasteiger partial charge in [0.25, 0.3) is 5.56 Å². The van der Waals surface area contributed by atoms with Crippen molar-refractivity contribution in [3.8, 4) is 0 Å². The second kappa shape index (κ2) is 13.6. The van der Waals surface area contributed by atoms with Gasteiger partial charge in [0.15, 0.2) is 5.16 Å². The van der Waals surface area contributed by atoms with E-state index in [2.05, 4.69) is 0 Å². The van der Waals surface area contributed by atoms with Gasteiger partial charge in [0.1, 0.15) is 0 Å². The molecule has 0 spiro atoms. The zero-order valence-corrected chi connectivity index (χ0v) is 24.3. The summed E-state index contributed by atoms with van der Waals surface area (Å²) in [6, 6.07) is 15.0. The Morgan fingerprint density at radius 3 is 2.41 bits per heavy atom. The summed E-state index contributed by atoms with van der Waals surface area (Å²) in [7, 11) is 3.23. The van der Waals surface area contributed by atoms with Gasteiger partial charge in [0.2, 0.25) is 5.91 Å². The average molecular weight is 589 g/mol. The van der Waals surface area contributed by atoms with Gasteiger partial charge in [-0.25, -0.2) is 4.98 Å². The van der Waals surface area contributed by atoms with E-state index in [4.69, 9.17) is 9.72 Å². The molecule has 1 atom stereocenters. The number of halogens is 3.